The van der Waals surface area contributed by atoms with E-state index < -0.39 is 23.6 Å². The van der Waals surface area contributed by atoms with Crippen molar-refractivity contribution < 1.29 is 29.0 Å². The lowest BCUT2D eigenvalue weighted by Crippen LogP contribution is -2.58. The van der Waals surface area contributed by atoms with Crippen LogP contribution in [0.5, 0.6) is 5.75 Å². The summed E-state index contributed by atoms with van der Waals surface area (Å²) in [5.74, 6) is -0.113. The van der Waals surface area contributed by atoms with E-state index in [1.54, 1.807) is 50.9 Å². The normalized spacial score (nSPS) is 19.9. The molecule has 2 heterocycles. The first kappa shape index (κ1) is 20.9. The molecule has 9 nitrogen and oxygen atoms in total. The van der Waals surface area contributed by atoms with E-state index >= 15 is 0 Å². The summed E-state index contributed by atoms with van der Waals surface area (Å²) in [7, 11) is 1.56. The Hall–Kier alpha value is -2.81. The number of anilines is 1. The minimum atomic E-state index is -1.19. The molecule has 1 saturated heterocycles. The van der Waals surface area contributed by atoms with Crippen LogP contribution in [-0.4, -0.2) is 84.4 Å². The molecule has 0 aromatic heterocycles. The molecule has 0 radical (unpaired) electrons. The van der Waals surface area contributed by atoms with Crippen molar-refractivity contribution >= 4 is 23.6 Å². The van der Waals surface area contributed by atoms with Crippen molar-refractivity contribution in [1.29, 1.82) is 0 Å². The average Bonchev–Trinajstić information content (AvgIpc) is 2.79. The quantitative estimate of drug-likeness (QED) is 0.803. The highest BCUT2D eigenvalue weighted by Crippen LogP contribution is 2.34. The fourth-order valence-electron chi connectivity index (χ4n) is 3.64. The van der Waals surface area contributed by atoms with Crippen LogP contribution in [-0.2, 0) is 9.53 Å². The van der Waals surface area contributed by atoms with Crippen LogP contribution in [0.25, 0.3) is 0 Å². The molecule has 0 aliphatic carbocycles. The summed E-state index contributed by atoms with van der Waals surface area (Å²) >= 11 is 0. The standard InChI is InChI=1S/C20H27N3O6/c1-20(2,3)23(19(26)27)15-12-29-16-6-5-13(11-14(16)21(4)18(15)25)17(24)22-7-9-28-10-8-22/h5-6,11,15H,7-10,12H2,1-4H3,(H,26,27)/t15-/m0/s1. The van der Waals surface area contributed by atoms with Gasteiger partial charge < -0.3 is 24.4 Å². The molecule has 1 aromatic rings. The number of amides is 3. The number of ether oxygens (including phenoxy) is 2. The number of hydrogen-bond acceptors (Lipinski definition) is 5. The largest absolute Gasteiger partial charge is 0.489 e. The van der Waals surface area contributed by atoms with Gasteiger partial charge in [-0.1, -0.05) is 0 Å². The number of nitrogens with zero attached hydrogens (tertiary/aromatic N) is 3. The van der Waals surface area contributed by atoms with Crippen LogP contribution >= 0.6 is 0 Å². The number of morpholine rings is 1. The molecular weight excluding hydrogens is 378 g/mol. The summed E-state index contributed by atoms with van der Waals surface area (Å²) in [6, 6.07) is 3.93. The van der Waals surface area contributed by atoms with Crippen molar-refractivity contribution in [2.45, 2.75) is 32.4 Å². The summed E-state index contributed by atoms with van der Waals surface area (Å²) in [4.78, 5) is 41.9. The number of hydrogen-bond donors (Lipinski definition) is 1. The Labute approximate surface area is 169 Å². The Morgan fingerprint density at radius 1 is 1.21 bits per heavy atom. The van der Waals surface area contributed by atoms with E-state index in [-0.39, 0.29) is 12.5 Å². The van der Waals surface area contributed by atoms with E-state index in [2.05, 4.69) is 0 Å². The fourth-order valence-corrected chi connectivity index (χ4v) is 3.64. The van der Waals surface area contributed by atoms with E-state index in [0.717, 1.165) is 4.90 Å². The molecule has 0 saturated carbocycles. The van der Waals surface area contributed by atoms with E-state index in [1.807, 2.05) is 0 Å². The lowest BCUT2D eigenvalue weighted by Gasteiger charge is -2.38. The van der Waals surface area contributed by atoms with Gasteiger partial charge in [-0.2, -0.15) is 0 Å². The second kappa shape index (κ2) is 7.90. The molecule has 158 valence electrons. The van der Waals surface area contributed by atoms with E-state index in [4.69, 9.17) is 9.47 Å². The van der Waals surface area contributed by atoms with Gasteiger partial charge in [-0.15, -0.1) is 0 Å². The fraction of sp³-hybridized carbons (Fsp3) is 0.550. The zero-order valence-corrected chi connectivity index (χ0v) is 17.2. The monoisotopic (exact) mass is 405 g/mol. The first-order valence-corrected chi connectivity index (χ1v) is 9.55. The number of carboxylic acid groups (broad SMARTS) is 1. The van der Waals surface area contributed by atoms with Crippen LogP contribution in [0.15, 0.2) is 18.2 Å². The van der Waals surface area contributed by atoms with Crippen LogP contribution < -0.4 is 9.64 Å². The van der Waals surface area contributed by atoms with E-state index in [0.29, 0.717) is 43.3 Å². The molecule has 3 amide bonds. The summed E-state index contributed by atoms with van der Waals surface area (Å²) in [5.41, 5.74) is 0.0961. The average molecular weight is 405 g/mol. The van der Waals surface area contributed by atoms with Crippen molar-refractivity contribution in [3.8, 4) is 5.75 Å². The SMILES string of the molecule is CN1C(=O)[C@@H](N(C(=O)O)C(C)(C)C)COc2ccc(C(=O)N3CCOCC3)cc21. The second-order valence-corrected chi connectivity index (χ2v) is 8.13. The molecular formula is C20H27N3O6. The minimum absolute atomic E-state index is 0.101. The third-order valence-electron chi connectivity index (χ3n) is 5.12. The third kappa shape index (κ3) is 4.14. The highest BCUT2D eigenvalue weighted by Gasteiger charge is 2.41. The first-order valence-electron chi connectivity index (χ1n) is 9.55. The molecule has 0 unspecified atom stereocenters. The number of fused-ring (bicyclic) bond motifs is 1. The zero-order valence-electron chi connectivity index (χ0n) is 17.2. The molecule has 1 aromatic carbocycles. The van der Waals surface area contributed by atoms with Gasteiger partial charge in [0.15, 0.2) is 0 Å². The predicted molar refractivity (Wildman–Crippen MR) is 105 cm³/mol. The van der Waals surface area contributed by atoms with Gasteiger partial charge >= 0.3 is 6.09 Å². The Balaban J connectivity index is 1.90. The van der Waals surface area contributed by atoms with Gasteiger partial charge in [0.25, 0.3) is 11.8 Å². The first-order chi connectivity index (χ1) is 13.6. The Morgan fingerprint density at radius 2 is 1.86 bits per heavy atom. The lowest BCUT2D eigenvalue weighted by atomic mass is 10.0. The maximum atomic E-state index is 13.1. The molecule has 2 aliphatic heterocycles. The molecule has 3 rings (SSSR count). The molecule has 29 heavy (non-hydrogen) atoms. The number of carbonyl (C=O) groups is 3. The van der Waals surface area contributed by atoms with Gasteiger partial charge in [-0.25, -0.2) is 4.79 Å². The van der Waals surface area contributed by atoms with Crippen molar-refractivity contribution in [2.24, 2.45) is 0 Å². The van der Waals surface area contributed by atoms with Crippen LogP contribution in [0, 0.1) is 0 Å². The van der Waals surface area contributed by atoms with E-state index in [9.17, 15) is 19.5 Å². The molecule has 1 N–H and O–H groups in total. The third-order valence-corrected chi connectivity index (χ3v) is 5.12. The maximum Gasteiger partial charge on any atom is 0.408 e. The summed E-state index contributed by atoms with van der Waals surface area (Å²) < 4.78 is 11.1. The van der Waals surface area contributed by atoms with E-state index in [1.165, 1.54) is 4.90 Å². The van der Waals surface area contributed by atoms with Crippen LogP contribution in [0.1, 0.15) is 31.1 Å². The summed E-state index contributed by atoms with van der Waals surface area (Å²) in [5, 5.41) is 9.67. The highest BCUT2D eigenvalue weighted by atomic mass is 16.5. The smallest absolute Gasteiger partial charge is 0.408 e. The predicted octanol–water partition coefficient (Wildman–Crippen LogP) is 1.66. The van der Waals surface area contributed by atoms with Gasteiger partial charge in [-0.05, 0) is 39.0 Å². The summed E-state index contributed by atoms with van der Waals surface area (Å²) in [6.07, 6.45) is -1.19. The number of carbonyl (C=O) groups excluding carboxylic acids is 2. The van der Waals surface area contributed by atoms with Crippen molar-refractivity contribution in [3.63, 3.8) is 0 Å². The zero-order chi connectivity index (χ0) is 21.3. The number of benzene rings is 1. The molecule has 0 spiro atoms. The molecule has 2 aliphatic rings. The van der Waals surface area contributed by atoms with Gasteiger partial charge in [0, 0.05) is 31.2 Å². The Morgan fingerprint density at radius 3 is 2.45 bits per heavy atom. The number of rotatable bonds is 2. The van der Waals surface area contributed by atoms with Gasteiger partial charge in [0.2, 0.25) is 0 Å². The van der Waals surface area contributed by atoms with Crippen molar-refractivity contribution in [1.82, 2.24) is 9.80 Å². The molecule has 1 fully saturated rings. The lowest BCUT2D eigenvalue weighted by molar-refractivity contribution is -0.125. The Kier molecular flexibility index (Phi) is 5.70. The molecule has 0 bridgehead atoms. The van der Waals surface area contributed by atoms with Crippen molar-refractivity contribution in [2.75, 3.05) is 44.9 Å². The maximum absolute atomic E-state index is 13.1. The Bertz CT molecular complexity index is 813. The van der Waals surface area contributed by atoms with Gasteiger partial charge in [-0.3, -0.25) is 14.5 Å². The van der Waals surface area contributed by atoms with Crippen LogP contribution in [0.2, 0.25) is 0 Å². The van der Waals surface area contributed by atoms with Crippen molar-refractivity contribution in [3.05, 3.63) is 23.8 Å². The minimum Gasteiger partial charge on any atom is -0.489 e. The second-order valence-electron chi connectivity index (χ2n) is 8.13. The number of likely N-dealkylation sites (N-methyl/N-ethyl adjacent to an activating group) is 1. The molecule has 1 atom stereocenters. The van der Waals surface area contributed by atoms with Gasteiger partial charge in [0.05, 0.1) is 18.9 Å². The topological polar surface area (TPSA) is 99.6 Å². The summed E-state index contributed by atoms with van der Waals surface area (Å²) in [6.45, 7) is 7.11. The van der Waals surface area contributed by atoms with Crippen LogP contribution in [0.4, 0.5) is 10.5 Å². The van der Waals surface area contributed by atoms with Crippen LogP contribution in [0.3, 0.4) is 0 Å². The van der Waals surface area contributed by atoms with Gasteiger partial charge in [0.1, 0.15) is 18.4 Å². The molecule has 9 heteroatoms. The highest BCUT2D eigenvalue weighted by molar-refractivity contribution is 6.02.